The highest BCUT2D eigenvalue weighted by molar-refractivity contribution is 5.49. The Bertz CT molecular complexity index is 566. The van der Waals surface area contributed by atoms with E-state index in [2.05, 4.69) is 27.7 Å². The Labute approximate surface area is 122 Å². The normalized spacial score (nSPS) is 90.6. The van der Waals surface area contributed by atoms with E-state index in [9.17, 15) is 0 Å². The summed E-state index contributed by atoms with van der Waals surface area (Å²) >= 11 is 0. The maximum atomic E-state index is 2.55. The third-order valence-electron chi connectivity index (χ3n) is 11.3. The maximum absolute atomic E-state index is 2.55. The molecule has 8 saturated carbocycles. The van der Waals surface area contributed by atoms with Crippen LogP contribution in [0.15, 0.2) is 0 Å². The van der Waals surface area contributed by atoms with Gasteiger partial charge in [-0.2, -0.15) is 0 Å². The van der Waals surface area contributed by atoms with Gasteiger partial charge in [-0.05, 0) is 93.7 Å². The molecule has 1 spiro atoms. The molecule has 0 aromatic carbocycles. The minimum Gasteiger partial charge on any atom is -0.0619 e. The first kappa shape index (κ1) is 9.90. The summed E-state index contributed by atoms with van der Waals surface area (Å²) in [6, 6.07) is 0. The third kappa shape index (κ3) is 0.589. The number of rotatable bonds is 1. The van der Waals surface area contributed by atoms with Gasteiger partial charge in [0.1, 0.15) is 0 Å². The van der Waals surface area contributed by atoms with E-state index in [1.165, 1.54) is 71.0 Å². The van der Waals surface area contributed by atoms with Crippen LogP contribution in [0.3, 0.4) is 0 Å². The lowest BCUT2D eigenvalue weighted by atomic mass is 9.77. The Hall–Kier alpha value is 0. The molecule has 8 aliphatic rings. The third-order valence-corrected chi connectivity index (χ3v) is 11.3. The van der Waals surface area contributed by atoms with Crippen LogP contribution in [0.25, 0.3) is 0 Å². The molecule has 8 rings (SSSR count). The zero-order valence-electron chi connectivity index (χ0n) is 13.1. The van der Waals surface area contributed by atoms with E-state index >= 15 is 0 Å². The van der Waals surface area contributed by atoms with Crippen molar-refractivity contribution < 1.29 is 0 Å². The van der Waals surface area contributed by atoms with E-state index in [1.54, 1.807) is 0 Å². The van der Waals surface area contributed by atoms with Gasteiger partial charge in [0.15, 0.2) is 0 Å². The molecule has 0 heterocycles. The predicted octanol–water partition coefficient (Wildman–Crippen LogP) is 3.77. The molecule has 0 nitrogen and oxygen atoms in total. The lowest BCUT2D eigenvalue weighted by Crippen LogP contribution is -2.23. The Kier molecular flexibility index (Phi) is 1.05. The van der Waals surface area contributed by atoms with Gasteiger partial charge in [0.2, 0.25) is 0 Å². The molecule has 12 unspecified atom stereocenters. The lowest BCUT2D eigenvalue weighted by molar-refractivity contribution is 0.195. The zero-order chi connectivity index (χ0) is 13.1. The summed E-state index contributed by atoms with van der Waals surface area (Å²) in [5.74, 6) is 17.2. The van der Waals surface area contributed by atoms with Crippen molar-refractivity contribution in [2.75, 3.05) is 0 Å². The first-order valence-electron chi connectivity index (χ1n) is 9.55. The van der Waals surface area contributed by atoms with Crippen molar-refractivity contribution >= 4 is 0 Å². The van der Waals surface area contributed by atoms with Gasteiger partial charge in [0.05, 0.1) is 0 Å². The van der Waals surface area contributed by atoms with E-state index in [1.807, 2.05) is 0 Å². The van der Waals surface area contributed by atoms with Crippen molar-refractivity contribution in [3.05, 3.63) is 0 Å². The topological polar surface area (TPSA) is 0 Å². The minimum absolute atomic E-state index is 0.782. The SMILES string of the molecule is CC1C(C)C2C1C21C2C3C(C4C5C4C4C5C4(C)C)C3C21. The van der Waals surface area contributed by atoms with Crippen LogP contribution in [0.5, 0.6) is 0 Å². The van der Waals surface area contributed by atoms with Gasteiger partial charge < -0.3 is 0 Å². The molecule has 106 valence electrons. The molecule has 0 bridgehead atoms. The second-order valence-electron chi connectivity index (χ2n) is 11.2. The molecule has 0 aromatic rings. The molecule has 0 saturated heterocycles. The monoisotopic (exact) mass is 266 g/mol. The van der Waals surface area contributed by atoms with Gasteiger partial charge in [0.25, 0.3) is 0 Å². The van der Waals surface area contributed by atoms with Crippen LogP contribution in [0.2, 0.25) is 0 Å². The maximum Gasteiger partial charge on any atom is -0.0162 e. The fraction of sp³-hybridized carbons (Fsp3) is 1.00. The van der Waals surface area contributed by atoms with Crippen molar-refractivity contribution in [3.63, 3.8) is 0 Å². The molecule has 0 aliphatic heterocycles. The summed E-state index contributed by atoms with van der Waals surface area (Å²) < 4.78 is 0. The first-order chi connectivity index (χ1) is 9.55. The van der Waals surface area contributed by atoms with Crippen LogP contribution in [0.4, 0.5) is 0 Å². The van der Waals surface area contributed by atoms with Crippen LogP contribution >= 0.6 is 0 Å². The first-order valence-corrected chi connectivity index (χ1v) is 9.55. The fourth-order valence-corrected chi connectivity index (χ4v) is 10.7. The van der Waals surface area contributed by atoms with Gasteiger partial charge in [-0.15, -0.1) is 0 Å². The minimum atomic E-state index is 0.782. The highest BCUT2D eigenvalue weighted by Gasteiger charge is 3.03. The van der Waals surface area contributed by atoms with E-state index in [4.69, 9.17) is 0 Å². The van der Waals surface area contributed by atoms with Crippen LogP contribution in [0, 0.1) is 93.7 Å². The summed E-state index contributed by atoms with van der Waals surface area (Å²) in [4.78, 5) is 0. The molecule has 12 atom stereocenters. The van der Waals surface area contributed by atoms with Crippen molar-refractivity contribution in [3.8, 4) is 0 Å². The van der Waals surface area contributed by atoms with Crippen LogP contribution < -0.4 is 0 Å². The second kappa shape index (κ2) is 2.11. The van der Waals surface area contributed by atoms with Crippen molar-refractivity contribution in [2.24, 2.45) is 93.7 Å². The Balaban J connectivity index is 1.04. The molecule has 0 amide bonds. The number of hydrogen-bond acceptors (Lipinski definition) is 0. The zero-order valence-corrected chi connectivity index (χ0v) is 13.1. The van der Waals surface area contributed by atoms with Gasteiger partial charge >= 0.3 is 0 Å². The quantitative estimate of drug-likeness (QED) is 0.677. The lowest BCUT2D eigenvalue weighted by Gasteiger charge is -2.28. The summed E-state index contributed by atoms with van der Waals surface area (Å²) in [5, 5.41) is 0. The summed E-state index contributed by atoms with van der Waals surface area (Å²) in [5.41, 5.74) is 1.78. The van der Waals surface area contributed by atoms with Gasteiger partial charge in [-0.25, -0.2) is 0 Å². The largest absolute Gasteiger partial charge is 0.0619 e. The highest BCUT2D eigenvalue weighted by Crippen LogP contribution is 3.06. The molecule has 20 heavy (non-hydrogen) atoms. The average Bonchev–Trinajstić information content (AvgIpc) is 3.18. The standard InChI is InChI=1S/C20H26/c1-5-6(2)14-13(5)20(14)17-11-8(12(11)18(17)20)7-9-10(7)16-15(9)19(16,3)4/h5-18H,1-4H3. The van der Waals surface area contributed by atoms with Crippen LogP contribution in [-0.4, -0.2) is 0 Å². The number of hydrogen-bond donors (Lipinski definition) is 0. The highest BCUT2D eigenvalue weighted by atomic mass is 15.1. The molecular formula is C20H26. The predicted molar refractivity (Wildman–Crippen MR) is 76.4 cm³/mol. The molecule has 0 N–H and O–H groups in total. The summed E-state index contributed by atoms with van der Waals surface area (Å²) in [6.07, 6.45) is 0. The molecule has 8 aliphatic carbocycles. The molecular weight excluding hydrogens is 240 g/mol. The van der Waals surface area contributed by atoms with Crippen molar-refractivity contribution in [1.29, 1.82) is 0 Å². The Morgan fingerprint density at radius 3 is 1.35 bits per heavy atom. The van der Waals surface area contributed by atoms with Gasteiger partial charge in [-0.1, -0.05) is 27.7 Å². The van der Waals surface area contributed by atoms with Gasteiger partial charge in [-0.3, -0.25) is 0 Å². The molecule has 0 heteroatoms. The Morgan fingerprint density at radius 2 is 0.900 bits per heavy atom. The molecule has 0 aromatic heterocycles. The van der Waals surface area contributed by atoms with Crippen LogP contribution in [0.1, 0.15) is 27.7 Å². The van der Waals surface area contributed by atoms with E-state index in [0.717, 1.165) is 22.7 Å². The average molecular weight is 266 g/mol. The molecule has 8 fully saturated rings. The second-order valence-corrected chi connectivity index (χ2v) is 11.2. The van der Waals surface area contributed by atoms with E-state index in [0.29, 0.717) is 0 Å². The van der Waals surface area contributed by atoms with Gasteiger partial charge in [0, 0.05) is 0 Å². The van der Waals surface area contributed by atoms with E-state index < -0.39 is 0 Å². The summed E-state index contributed by atoms with van der Waals surface area (Å²) in [7, 11) is 0. The Morgan fingerprint density at radius 1 is 0.500 bits per heavy atom. The fourth-order valence-electron chi connectivity index (χ4n) is 10.7. The van der Waals surface area contributed by atoms with E-state index in [-0.39, 0.29) is 0 Å². The smallest absolute Gasteiger partial charge is 0.0162 e. The van der Waals surface area contributed by atoms with Crippen molar-refractivity contribution in [1.82, 2.24) is 0 Å². The summed E-state index contributed by atoms with van der Waals surface area (Å²) in [6.45, 7) is 10.2. The van der Waals surface area contributed by atoms with Crippen LogP contribution in [-0.2, 0) is 0 Å². The molecule has 0 radical (unpaired) electrons. The van der Waals surface area contributed by atoms with Crippen molar-refractivity contribution in [2.45, 2.75) is 27.7 Å². The number of fused-ring (bicyclic) bond motifs is 13.